The fourth-order valence-corrected chi connectivity index (χ4v) is 3.16. The van der Waals surface area contributed by atoms with E-state index in [1.54, 1.807) is 18.2 Å². The van der Waals surface area contributed by atoms with Gasteiger partial charge in [0, 0.05) is 25.2 Å². The predicted molar refractivity (Wildman–Crippen MR) is 91.7 cm³/mol. The minimum atomic E-state index is -4.37. The van der Waals surface area contributed by atoms with Gasteiger partial charge < -0.3 is 5.11 Å². The van der Waals surface area contributed by atoms with Crippen LogP contribution >= 0.6 is 0 Å². The van der Waals surface area contributed by atoms with Crippen LogP contribution in [0.5, 0.6) is 0 Å². The first-order chi connectivity index (χ1) is 12.7. The summed E-state index contributed by atoms with van der Waals surface area (Å²) in [5.41, 5.74) is 1.06. The molecule has 144 valence electrons. The molecule has 0 unspecified atom stereocenters. The number of carboxylic acids is 1. The lowest BCUT2D eigenvalue weighted by molar-refractivity contribution is -0.147. The molecule has 3 nitrogen and oxygen atoms in total. The Kier molecular flexibility index (Phi) is 5.51. The highest BCUT2D eigenvalue weighted by atomic mass is 19.4. The van der Waals surface area contributed by atoms with E-state index in [9.17, 15) is 22.4 Å². The summed E-state index contributed by atoms with van der Waals surface area (Å²) in [6.07, 6.45) is -3.56. The normalized spacial score (nSPS) is 15.6. The zero-order valence-corrected chi connectivity index (χ0v) is 14.5. The molecule has 1 heterocycles. The van der Waals surface area contributed by atoms with Gasteiger partial charge in [-0.05, 0) is 36.1 Å². The number of alkyl halides is 3. The van der Waals surface area contributed by atoms with Crippen molar-refractivity contribution in [3.63, 3.8) is 0 Å². The van der Waals surface area contributed by atoms with Crippen LogP contribution in [-0.2, 0) is 30.4 Å². The number of carboxylic acid groups (broad SMARTS) is 1. The number of benzene rings is 2. The summed E-state index contributed by atoms with van der Waals surface area (Å²) >= 11 is 0. The van der Waals surface area contributed by atoms with Crippen LogP contribution in [0.15, 0.2) is 42.5 Å². The van der Waals surface area contributed by atoms with Crippen LogP contribution in [0.1, 0.15) is 22.3 Å². The topological polar surface area (TPSA) is 40.5 Å². The summed E-state index contributed by atoms with van der Waals surface area (Å²) in [7, 11) is 0. The van der Waals surface area contributed by atoms with Crippen LogP contribution in [0.4, 0.5) is 17.6 Å². The second-order valence-corrected chi connectivity index (χ2v) is 6.85. The van der Waals surface area contributed by atoms with E-state index < -0.39 is 17.7 Å². The first kappa shape index (κ1) is 19.4. The molecule has 0 aromatic heterocycles. The fraction of sp³-hybridized carbons (Fsp3) is 0.350. The molecule has 0 radical (unpaired) electrons. The van der Waals surface area contributed by atoms with Gasteiger partial charge >= 0.3 is 12.1 Å². The quantitative estimate of drug-likeness (QED) is 0.765. The van der Waals surface area contributed by atoms with E-state index in [0.29, 0.717) is 49.2 Å². The van der Waals surface area contributed by atoms with Crippen LogP contribution in [0.25, 0.3) is 0 Å². The Morgan fingerprint density at radius 3 is 2.33 bits per heavy atom. The van der Waals surface area contributed by atoms with E-state index in [1.807, 2.05) is 4.90 Å². The van der Waals surface area contributed by atoms with Crippen LogP contribution in [0, 0.1) is 11.7 Å². The molecule has 7 heteroatoms. The fourth-order valence-electron chi connectivity index (χ4n) is 3.16. The molecule has 1 fully saturated rings. The molecule has 0 atom stereocenters. The molecule has 0 saturated carbocycles. The van der Waals surface area contributed by atoms with E-state index >= 15 is 0 Å². The van der Waals surface area contributed by atoms with Gasteiger partial charge in [0.15, 0.2) is 0 Å². The monoisotopic (exact) mass is 381 g/mol. The Morgan fingerprint density at radius 2 is 1.74 bits per heavy atom. The Labute approximate surface area is 154 Å². The summed E-state index contributed by atoms with van der Waals surface area (Å²) in [6.45, 7) is 1.17. The predicted octanol–water partition coefficient (Wildman–Crippen LogP) is 4.15. The van der Waals surface area contributed by atoms with Crippen molar-refractivity contribution in [2.45, 2.75) is 25.6 Å². The maximum atomic E-state index is 14.3. The Balaban J connectivity index is 1.58. The van der Waals surface area contributed by atoms with Gasteiger partial charge in [-0.3, -0.25) is 9.69 Å². The van der Waals surface area contributed by atoms with E-state index in [0.717, 1.165) is 12.1 Å². The van der Waals surface area contributed by atoms with Gasteiger partial charge in [-0.25, -0.2) is 4.39 Å². The molecule has 1 aliphatic heterocycles. The van der Waals surface area contributed by atoms with Gasteiger partial charge in [-0.2, -0.15) is 13.2 Å². The van der Waals surface area contributed by atoms with E-state index in [4.69, 9.17) is 5.11 Å². The van der Waals surface area contributed by atoms with Crippen LogP contribution < -0.4 is 0 Å². The SMILES string of the molecule is O=C(O)C1CN(Cc2ccc(CCc3cccc(C(F)(F)F)c3)cc2F)C1. The molecule has 1 saturated heterocycles. The molecule has 0 spiro atoms. The van der Waals surface area contributed by atoms with Crippen molar-refractivity contribution in [2.24, 2.45) is 5.92 Å². The number of hydrogen-bond donors (Lipinski definition) is 1. The van der Waals surface area contributed by atoms with Crippen molar-refractivity contribution in [3.05, 3.63) is 70.5 Å². The molecular weight excluding hydrogens is 362 g/mol. The maximum absolute atomic E-state index is 14.3. The highest BCUT2D eigenvalue weighted by molar-refractivity contribution is 5.71. The molecule has 1 N–H and O–H groups in total. The maximum Gasteiger partial charge on any atom is 0.416 e. The Morgan fingerprint density at radius 1 is 1.07 bits per heavy atom. The molecule has 0 aliphatic carbocycles. The summed E-state index contributed by atoms with van der Waals surface area (Å²) in [4.78, 5) is 12.7. The van der Waals surface area contributed by atoms with E-state index in [2.05, 4.69) is 0 Å². The molecule has 0 amide bonds. The van der Waals surface area contributed by atoms with Gasteiger partial charge in [-0.15, -0.1) is 0 Å². The summed E-state index contributed by atoms with van der Waals surface area (Å²) in [5, 5.41) is 8.86. The van der Waals surface area contributed by atoms with Crippen molar-refractivity contribution in [1.82, 2.24) is 4.90 Å². The Bertz CT molecular complexity index is 829. The van der Waals surface area contributed by atoms with Crippen molar-refractivity contribution in [2.75, 3.05) is 13.1 Å². The van der Waals surface area contributed by atoms with Crippen molar-refractivity contribution >= 4 is 5.97 Å². The average Bonchev–Trinajstić information content (AvgIpc) is 2.56. The average molecular weight is 381 g/mol. The van der Waals surface area contributed by atoms with Crippen LogP contribution in [0.2, 0.25) is 0 Å². The highest BCUT2D eigenvalue weighted by Crippen LogP contribution is 2.30. The first-order valence-corrected chi connectivity index (χ1v) is 8.61. The number of aryl methyl sites for hydroxylation is 2. The summed E-state index contributed by atoms with van der Waals surface area (Å²) in [5.74, 6) is -1.60. The Hall–Kier alpha value is -2.41. The lowest BCUT2D eigenvalue weighted by atomic mass is 9.98. The third-order valence-electron chi connectivity index (χ3n) is 4.77. The van der Waals surface area contributed by atoms with Crippen molar-refractivity contribution < 1.29 is 27.5 Å². The molecule has 0 bridgehead atoms. The van der Waals surface area contributed by atoms with Gasteiger partial charge in [0.1, 0.15) is 5.82 Å². The molecule has 27 heavy (non-hydrogen) atoms. The number of rotatable bonds is 6. The number of likely N-dealkylation sites (tertiary alicyclic amines) is 1. The lowest BCUT2D eigenvalue weighted by Gasteiger charge is -2.36. The smallest absolute Gasteiger partial charge is 0.416 e. The van der Waals surface area contributed by atoms with Gasteiger partial charge in [0.2, 0.25) is 0 Å². The molecule has 1 aliphatic rings. The number of aliphatic carboxylic acids is 1. The summed E-state index contributed by atoms with van der Waals surface area (Å²) in [6, 6.07) is 9.97. The highest BCUT2D eigenvalue weighted by Gasteiger charge is 2.32. The number of nitrogens with zero attached hydrogens (tertiary/aromatic N) is 1. The third-order valence-corrected chi connectivity index (χ3v) is 4.77. The largest absolute Gasteiger partial charge is 0.481 e. The van der Waals surface area contributed by atoms with E-state index in [1.165, 1.54) is 12.1 Å². The second-order valence-electron chi connectivity index (χ2n) is 6.85. The van der Waals surface area contributed by atoms with Crippen LogP contribution in [0.3, 0.4) is 0 Å². The first-order valence-electron chi connectivity index (χ1n) is 8.61. The van der Waals surface area contributed by atoms with E-state index in [-0.39, 0.29) is 11.7 Å². The number of halogens is 4. The van der Waals surface area contributed by atoms with Crippen molar-refractivity contribution in [3.8, 4) is 0 Å². The number of hydrogen-bond acceptors (Lipinski definition) is 2. The van der Waals surface area contributed by atoms with Gasteiger partial charge in [-0.1, -0.05) is 30.3 Å². The third kappa shape index (κ3) is 4.86. The summed E-state index contributed by atoms with van der Waals surface area (Å²) < 4.78 is 52.5. The molecular formula is C20H19F4NO2. The van der Waals surface area contributed by atoms with Crippen molar-refractivity contribution in [1.29, 1.82) is 0 Å². The standard InChI is InChI=1S/C20H19F4NO2/c21-18-9-14(5-4-13-2-1-3-17(8-13)20(22,23)24)6-7-15(18)10-25-11-16(12-25)19(26)27/h1-3,6-9,16H,4-5,10-12H2,(H,26,27). The molecule has 2 aromatic rings. The molecule has 3 rings (SSSR count). The zero-order chi connectivity index (χ0) is 19.6. The second kappa shape index (κ2) is 7.68. The minimum absolute atomic E-state index is 0.351. The minimum Gasteiger partial charge on any atom is -0.481 e. The zero-order valence-electron chi connectivity index (χ0n) is 14.5. The molecule has 2 aromatic carbocycles. The lowest BCUT2D eigenvalue weighted by Crippen LogP contribution is -2.49. The van der Waals surface area contributed by atoms with Gasteiger partial charge in [0.25, 0.3) is 0 Å². The number of carbonyl (C=O) groups is 1. The van der Waals surface area contributed by atoms with Gasteiger partial charge in [0.05, 0.1) is 11.5 Å². The van der Waals surface area contributed by atoms with Crippen LogP contribution in [-0.4, -0.2) is 29.1 Å².